The molecule has 174 valence electrons. The molecule has 3 aromatic rings. The minimum absolute atomic E-state index is 0.0799. The second-order valence-electron chi connectivity index (χ2n) is 7.85. The number of nitrogens with one attached hydrogen (secondary N) is 3. The molecule has 1 fully saturated rings. The molecular weight excluding hydrogens is 468 g/mol. The average Bonchev–Trinajstić information content (AvgIpc) is 3.29. The third-order valence-electron chi connectivity index (χ3n) is 5.50. The fourth-order valence-electron chi connectivity index (χ4n) is 3.76. The lowest BCUT2D eigenvalue weighted by Crippen LogP contribution is -2.33. The first-order valence-corrected chi connectivity index (χ1v) is 11.3. The predicted octanol–water partition coefficient (Wildman–Crippen LogP) is 4.54. The van der Waals surface area contributed by atoms with Gasteiger partial charge in [-0.2, -0.15) is 0 Å². The minimum Gasteiger partial charge on any atom is -0.381 e. The van der Waals surface area contributed by atoms with Crippen molar-refractivity contribution in [2.75, 3.05) is 25.1 Å². The van der Waals surface area contributed by atoms with Gasteiger partial charge in [-0.3, -0.25) is 4.79 Å². The van der Waals surface area contributed by atoms with Crippen molar-refractivity contribution in [1.82, 2.24) is 15.3 Å². The summed E-state index contributed by atoms with van der Waals surface area (Å²) in [5.74, 6) is -0.174. The Kier molecular flexibility index (Phi) is 7.49. The molecule has 1 atom stereocenters. The fraction of sp³-hybridized carbons (Fsp3) is 0.304. The van der Waals surface area contributed by atoms with Crippen LogP contribution in [-0.4, -0.2) is 41.7 Å². The van der Waals surface area contributed by atoms with Crippen LogP contribution in [0.4, 0.5) is 10.2 Å². The zero-order chi connectivity index (χ0) is 23.4. The second kappa shape index (κ2) is 10.5. The summed E-state index contributed by atoms with van der Waals surface area (Å²) in [6.45, 7) is 1.52. The molecule has 1 unspecified atom stereocenters. The van der Waals surface area contributed by atoms with Crippen LogP contribution in [0.5, 0.6) is 0 Å². The van der Waals surface area contributed by atoms with Crippen LogP contribution < -0.4 is 16.4 Å². The van der Waals surface area contributed by atoms with Gasteiger partial charge in [-0.25, -0.2) is 9.37 Å². The van der Waals surface area contributed by atoms with Gasteiger partial charge in [0.05, 0.1) is 11.1 Å². The van der Waals surface area contributed by atoms with E-state index in [2.05, 4.69) is 20.6 Å². The van der Waals surface area contributed by atoms with Crippen LogP contribution >= 0.6 is 23.2 Å². The number of ether oxygens (including phenoxy) is 1. The van der Waals surface area contributed by atoms with Crippen molar-refractivity contribution in [3.8, 4) is 11.1 Å². The maximum Gasteiger partial charge on any atom is 0.268 e. The molecule has 0 saturated carbocycles. The largest absolute Gasteiger partial charge is 0.381 e. The zero-order valence-electron chi connectivity index (χ0n) is 17.7. The summed E-state index contributed by atoms with van der Waals surface area (Å²) in [7, 11) is 0. The number of H-pyrrole nitrogens is 1. The number of amides is 1. The van der Waals surface area contributed by atoms with Crippen LogP contribution in [0.1, 0.15) is 34.9 Å². The number of hydrogen-bond acceptors (Lipinski definition) is 5. The van der Waals surface area contributed by atoms with Crippen molar-refractivity contribution in [3.05, 3.63) is 69.8 Å². The molecule has 4 rings (SSSR count). The molecule has 2 aromatic heterocycles. The normalized spacial score (nSPS) is 15.3. The Bertz CT molecular complexity index is 1110. The number of hydrogen-bond donors (Lipinski definition) is 4. The molecular formula is C23H24Cl2FN5O2. The van der Waals surface area contributed by atoms with E-state index in [1.54, 1.807) is 24.5 Å². The van der Waals surface area contributed by atoms with E-state index in [1.807, 2.05) is 6.07 Å². The molecule has 3 heterocycles. The molecule has 0 radical (unpaired) electrons. The van der Waals surface area contributed by atoms with E-state index in [9.17, 15) is 9.18 Å². The number of rotatable bonds is 7. The highest BCUT2D eigenvalue weighted by Crippen LogP contribution is 2.30. The number of nitrogens with two attached hydrogens (primary N) is 1. The SMILES string of the molecule is NCC(NC(=O)c1cc(-c2cc(NC3CCOCC3)ncc2Cl)c[nH]1)c1cc(F)cc(Cl)c1. The number of halogens is 3. The molecule has 10 heteroatoms. The summed E-state index contributed by atoms with van der Waals surface area (Å²) in [5, 5.41) is 6.92. The summed E-state index contributed by atoms with van der Waals surface area (Å²) in [4.78, 5) is 20.2. The average molecular weight is 492 g/mol. The second-order valence-corrected chi connectivity index (χ2v) is 8.69. The number of anilines is 1. The zero-order valence-corrected chi connectivity index (χ0v) is 19.2. The molecule has 7 nitrogen and oxygen atoms in total. The number of pyridine rings is 1. The summed E-state index contributed by atoms with van der Waals surface area (Å²) in [5.41, 5.74) is 8.09. The van der Waals surface area contributed by atoms with Gasteiger partial charge in [-0.15, -0.1) is 0 Å². The van der Waals surface area contributed by atoms with Crippen LogP contribution in [0.2, 0.25) is 10.0 Å². The standard InChI is InChI=1S/C23H24Cl2FN5O2/c24-15-5-13(6-16(26)8-15)21(10-27)31-23(32)20-7-14(11-28-20)18-9-22(29-12-19(18)25)30-17-1-3-33-4-2-17/h5-9,11-12,17,21,28H,1-4,10,27H2,(H,29,30)(H,31,32). The van der Waals surface area contributed by atoms with Crippen LogP contribution in [0.3, 0.4) is 0 Å². The van der Waals surface area contributed by atoms with Gasteiger partial charge < -0.3 is 26.1 Å². The van der Waals surface area contributed by atoms with E-state index in [0.29, 0.717) is 22.1 Å². The van der Waals surface area contributed by atoms with Crippen LogP contribution in [0.15, 0.2) is 42.7 Å². The van der Waals surface area contributed by atoms with E-state index in [0.717, 1.165) is 37.2 Å². The Morgan fingerprint density at radius 2 is 2.03 bits per heavy atom. The van der Waals surface area contributed by atoms with E-state index in [4.69, 9.17) is 33.7 Å². The van der Waals surface area contributed by atoms with Crippen molar-refractivity contribution in [2.24, 2.45) is 5.73 Å². The van der Waals surface area contributed by atoms with E-state index >= 15 is 0 Å². The summed E-state index contributed by atoms with van der Waals surface area (Å²) in [6.07, 6.45) is 5.11. The van der Waals surface area contributed by atoms with Gasteiger partial charge in [-0.1, -0.05) is 23.2 Å². The molecule has 1 aromatic carbocycles. The quantitative estimate of drug-likeness (QED) is 0.388. The molecule has 1 amide bonds. The van der Waals surface area contributed by atoms with Crippen molar-refractivity contribution < 1.29 is 13.9 Å². The van der Waals surface area contributed by atoms with Gasteiger partial charge in [0.25, 0.3) is 5.91 Å². The van der Waals surface area contributed by atoms with Crippen molar-refractivity contribution in [3.63, 3.8) is 0 Å². The molecule has 33 heavy (non-hydrogen) atoms. The van der Waals surface area contributed by atoms with E-state index < -0.39 is 11.9 Å². The number of carbonyl (C=O) groups excluding carboxylic acids is 1. The maximum absolute atomic E-state index is 13.7. The van der Waals surface area contributed by atoms with Crippen LogP contribution in [0.25, 0.3) is 11.1 Å². The summed E-state index contributed by atoms with van der Waals surface area (Å²) in [6, 6.07) is 7.32. The van der Waals surface area contributed by atoms with Crippen LogP contribution in [-0.2, 0) is 4.74 Å². The van der Waals surface area contributed by atoms with Crippen LogP contribution in [0, 0.1) is 5.82 Å². The smallest absolute Gasteiger partial charge is 0.268 e. The highest BCUT2D eigenvalue weighted by Gasteiger charge is 2.19. The number of aromatic amines is 1. The Morgan fingerprint density at radius 1 is 1.24 bits per heavy atom. The maximum atomic E-state index is 13.7. The topological polar surface area (TPSA) is 105 Å². The monoisotopic (exact) mass is 491 g/mol. The van der Waals surface area contributed by atoms with Gasteiger partial charge in [0.1, 0.15) is 17.3 Å². The fourth-order valence-corrected chi connectivity index (χ4v) is 4.20. The first kappa shape index (κ1) is 23.5. The van der Waals surface area contributed by atoms with E-state index in [-0.39, 0.29) is 23.5 Å². The highest BCUT2D eigenvalue weighted by atomic mass is 35.5. The summed E-state index contributed by atoms with van der Waals surface area (Å²) >= 11 is 12.3. The van der Waals surface area contributed by atoms with Gasteiger partial charge in [0.2, 0.25) is 0 Å². The molecule has 1 saturated heterocycles. The number of carbonyl (C=O) groups is 1. The van der Waals surface area contributed by atoms with Crippen molar-refractivity contribution in [2.45, 2.75) is 24.9 Å². The number of nitrogens with zero attached hydrogens (tertiary/aromatic N) is 1. The molecule has 0 bridgehead atoms. The predicted molar refractivity (Wildman–Crippen MR) is 127 cm³/mol. The molecule has 0 spiro atoms. The van der Waals surface area contributed by atoms with Gasteiger partial charge >= 0.3 is 0 Å². The molecule has 1 aliphatic rings. The third-order valence-corrected chi connectivity index (χ3v) is 6.01. The first-order valence-electron chi connectivity index (χ1n) is 10.6. The molecule has 0 aliphatic carbocycles. The Labute approximate surface area is 200 Å². The lowest BCUT2D eigenvalue weighted by atomic mass is 10.1. The van der Waals surface area contributed by atoms with Gasteiger partial charge in [0, 0.05) is 54.3 Å². The number of aromatic nitrogens is 2. The highest BCUT2D eigenvalue weighted by molar-refractivity contribution is 6.33. The van der Waals surface area contributed by atoms with Crippen molar-refractivity contribution >= 4 is 34.9 Å². The lowest BCUT2D eigenvalue weighted by Gasteiger charge is -2.23. The Hall–Kier alpha value is -2.65. The number of benzene rings is 1. The van der Waals surface area contributed by atoms with Gasteiger partial charge in [0.15, 0.2) is 0 Å². The van der Waals surface area contributed by atoms with E-state index in [1.165, 1.54) is 12.1 Å². The Morgan fingerprint density at radius 3 is 2.76 bits per heavy atom. The minimum atomic E-state index is -0.600. The van der Waals surface area contributed by atoms with Gasteiger partial charge in [-0.05, 0) is 48.7 Å². The third kappa shape index (κ3) is 5.83. The summed E-state index contributed by atoms with van der Waals surface area (Å²) < 4.78 is 19.1. The lowest BCUT2D eigenvalue weighted by molar-refractivity contribution is 0.0903. The van der Waals surface area contributed by atoms with Crippen molar-refractivity contribution in [1.29, 1.82) is 0 Å². The molecule has 5 N–H and O–H groups in total. The Balaban J connectivity index is 1.49. The molecule has 1 aliphatic heterocycles. The first-order chi connectivity index (χ1) is 15.9.